The number of hydrogen-bond acceptors (Lipinski definition) is 2. The summed E-state index contributed by atoms with van der Waals surface area (Å²) in [4.78, 5) is 11.3. The Labute approximate surface area is 119 Å². The number of methoxy groups -OCH3 is 1. The van der Waals surface area contributed by atoms with E-state index in [4.69, 9.17) is 16.3 Å². The fourth-order valence-electron chi connectivity index (χ4n) is 2.01. The van der Waals surface area contributed by atoms with E-state index in [9.17, 15) is 9.90 Å². The Morgan fingerprint density at radius 3 is 2.42 bits per heavy atom. The minimum absolute atomic E-state index is 0.283. The second-order valence-corrected chi connectivity index (χ2v) is 6.11. The standard InChI is InChI=1S/C15H21ClO3/c1-9(2)11-7-13(19-5)12(16)6-10(11)8-15(3,4)14(17)18/h6-7,9H,8H2,1-5H3,(H,17,18). The average Bonchev–Trinajstić information content (AvgIpc) is 2.28. The van der Waals surface area contributed by atoms with E-state index in [1.807, 2.05) is 12.1 Å². The molecular formula is C15H21ClO3. The van der Waals surface area contributed by atoms with Gasteiger partial charge in [0.2, 0.25) is 0 Å². The summed E-state index contributed by atoms with van der Waals surface area (Å²) in [5.74, 6) is 0.0992. The van der Waals surface area contributed by atoms with Crippen LogP contribution >= 0.6 is 11.6 Å². The van der Waals surface area contributed by atoms with Crippen LogP contribution in [0.5, 0.6) is 5.75 Å². The van der Waals surface area contributed by atoms with Crippen LogP contribution in [-0.4, -0.2) is 18.2 Å². The summed E-state index contributed by atoms with van der Waals surface area (Å²) < 4.78 is 5.22. The van der Waals surface area contributed by atoms with Crippen molar-refractivity contribution in [2.24, 2.45) is 5.41 Å². The molecule has 0 aliphatic rings. The van der Waals surface area contributed by atoms with Crippen LogP contribution in [0.3, 0.4) is 0 Å². The molecule has 0 saturated heterocycles. The van der Waals surface area contributed by atoms with E-state index in [0.717, 1.165) is 11.1 Å². The van der Waals surface area contributed by atoms with Gasteiger partial charge < -0.3 is 9.84 Å². The first kappa shape index (κ1) is 15.8. The van der Waals surface area contributed by atoms with Crippen LogP contribution in [-0.2, 0) is 11.2 Å². The summed E-state index contributed by atoms with van der Waals surface area (Å²) in [6.07, 6.45) is 0.444. The molecule has 1 rings (SSSR count). The van der Waals surface area contributed by atoms with Gasteiger partial charge in [0.15, 0.2) is 0 Å². The first-order chi connectivity index (χ1) is 8.69. The van der Waals surface area contributed by atoms with Gasteiger partial charge in [-0.2, -0.15) is 0 Å². The summed E-state index contributed by atoms with van der Waals surface area (Å²) in [6, 6.07) is 3.72. The summed E-state index contributed by atoms with van der Waals surface area (Å²) in [7, 11) is 1.58. The zero-order valence-electron chi connectivity index (χ0n) is 12.1. The van der Waals surface area contributed by atoms with Crippen LogP contribution < -0.4 is 4.74 Å². The van der Waals surface area contributed by atoms with E-state index in [1.165, 1.54) is 0 Å². The fraction of sp³-hybridized carbons (Fsp3) is 0.533. The first-order valence-corrected chi connectivity index (χ1v) is 6.66. The van der Waals surface area contributed by atoms with Gasteiger partial charge >= 0.3 is 5.97 Å². The lowest BCUT2D eigenvalue weighted by molar-refractivity contribution is -0.146. The number of carboxylic acids is 1. The molecule has 0 spiro atoms. The van der Waals surface area contributed by atoms with Crippen molar-refractivity contribution in [3.05, 3.63) is 28.3 Å². The van der Waals surface area contributed by atoms with E-state index in [1.54, 1.807) is 21.0 Å². The third-order valence-corrected chi connectivity index (χ3v) is 3.54. The number of carboxylic acid groups (broad SMARTS) is 1. The highest BCUT2D eigenvalue weighted by atomic mass is 35.5. The van der Waals surface area contributed by atoms with Gasteiger partial charge in [0.05, 0.1) is 17.5 Å². The van der Waals surface area contributed by atoms with Crippen molar-refractivity contribution in [3.8, 4) is 5.75 Å². The molecule has 0 fully saturated rings. The largest absolute Gasteiger partial charge is 0.495 e. The number of halogens is 1. The SMILES string of the molecule is COc1cc(C(C)C)c(CC(C)(C)C(=O)O)cc1Cl. The van der Waals surface area contributed by atoms with E-state index in [-0.39, 0.29) is 5.92 Å². The smallest absolute Gasteiger partial charge is 0.309 e. The molecule has 0 aliphatic carbocycles. The molecular weight excluding hydrogens is 264 g/mol. The van der Waals surface area contributed by atoms with Crippen molar-refractivity contribution in [3.63, 3.8) is 0 Å². The van der Waals surface area contributed by atoms with Crippen molar-refractivity contribution in [1.29, 1.82) is 0 Å². The molecule has 0 amide bonds. The Kier molecular flexibility index (Phi) is 4.86. The normalized spacial score (nSPS) is 11.7. The molecule has 106 valence electrons. The first-order valence-electron chi connectivity index (χ1n) is 6.28. The highest BCUT2D eigenvalue weighted by Gasteiger charge is 2.29. The summed E-state index contributed by atoms with van der Waals surface area (Å²) in [6.45, 7) is 7.58. The van der Waals surface area contributed by atoms with E-state index in [2.05, 4.69) is 13.8 Å². The predicted molar refractivity (Wildman–Crippen MR) is 77.2 cm³/mol. The number of aliphatic carboxylic acids is 1. The maximum atomic E-state index is 11.3. The molecule has 0 unspecified atom stereocenters. The minimum Gasteiger partial charge on any atom is -0.495 e. The second-order valence-electron chi connectivity index (χ2n) is 5.71. The van der Waals surface area contributed by atoms with Gasteiger partial charge in [-0.25, -0.2) is 0 Å². The van der Waals surface area contributed by atoms with Crippen molar-refractivity contribution < 1.29 is 14.6 Å². The van der Waals surface area contributed by atoms with Crippen LogP contribution in [0, 0.1) is 5.41 Å². The zero-order valence-corrected chi connectivity index (χ0v) is 12.8. The number of benzene rings is 1. The molecule has 0 heterocycles. The summed E-state index contributed by atoms with van der Waals surface area (Å²) >= 11 is 6.14. The molecule has 0 aromatic heterocycles. The molecule has 4 heteroatoms. The maximum Gasteiger partial charge on any atom is 0.309 e. The molecule has 0 radical (unpaired) electrons. The topological polar surface area (TPSA) is 46.5 Å². The fourth-order valence-corrected chi connectivity index (χ4v) is 2.27. The quantitative estimate of drug-likeness (QED) is 0.884. The molecule has 3 nitrogen and oxygen atoms in total. The Morgan fingerprint density at radius 2 is 2.00 bits per heavy atom. The molecule has 1 aromatic carbocycles. The minimum atomic E-state index is -0.818. The Hall–Kier alpha value is -1.22. The van der Waals surface area contributed by atoms with Crippen LogP contribution in [0.25, 0.3) is 0 Å². The maximum absolute atomic E-state index is 11.3. The number of hydrogen-bond donors (Lipinski definition) is 1. The highest BCUT2D eigenvalue weighted by Crippen LogP contribution is 2.35. The molecule has 0 saturated carbocycles. The lowest BCUT2D eigenvalue weighted by Gasteiger charge is -2.23. The van der Waals surface area contributed by atoms with Gasteiger partial charge in [0.1, 0.15) is 5.75 Å². The van der Waals surface area contributed by atoms with Gasteiger partial charge in [0.25, 0.3) is 0 Å². The van der Waals surface area contributed by atoms with Crippen LogP contribution in [0.2, 0.25) is 5.02 Å². The zero-order chi connectivity index (χ0) is 14.8. The number of carbonyl (C=O) groups is 1. The third kappa shape index (κ3) is 3.63. The van der Waals surface area contributed by atoms with Gasteiger partial charge in [0, 0.05) is 0 Å². The highest BCUT2D eigenvalue weighted by molar-refractivity contribution is 6.32. The predicted octanol–water partition coefficient (Wildman–Crippen LogP) is 4.13. The molecule has 1 N–H and O–H groups in total. The monoisotopic (exact) mass is 284 g/mol. The van der Waals surface area contributed by atoms with E-state index >= 15 is 0 Å². The Morgan fingerprint density at radius 1 is 1.42 bits per heavy atom. The second kappa shape index (κ2) is 5.83. The van der Waals surface area contributed by atoms with Crippen LogP contribution in [0.1, 0.15) is 44.7 Å². The average molecular weight is 285 g/mol. The number of ether oxygens (including phenoxy) is 1. The Bertz CT molecular complexity index is 479. The van der Waals surface area contributed by atoms with Crippen molar-refractivity contribution in [2.45, 2.75) is 40.0 Å². The molecule has 0 atom stereocenters. The molecule has 19 heavy (non-hydrogen) atoms. The molecule has 1 aromatic rings. The van der Waals surface area contributed by atoms with Crippen LogP contribution in [0.4, 0.5) is 0 Å². The van der Waals surface area contributed by atoms with Gasteiger partial charge in [-0.15, -0.1) is 0 Å². The van der Waals surface area contributed by atoms with Gasteiger partial charge in [-0.1, -0.05) is 25.4 Å². The van der Waals surface area contributed by atoms with E-state index in [0.29, 0.717) is 17.2 Å². The summed E-state index contributed by atoms with van der Waals surface area (Å²) in [5.41, 5.74) is 1.23. The lowest BCUT2D eigenvalue weighted by atomic mass is 9.82. The van der Waals surface area contributed by atoms with Crippen LogP contribution in [0.15, 0.2) is 12.1 Å². The van der Waals surface area contributed by atoms with E-state index < -0.39 is 11.4 Å². The summed E-state index contributed by atoms with van der Waals surface area (Å²) in [5, 5.41) is 9.76. The molecule has 0 aliphatic heterocycles. The lowest BCUT2D eigenvalue weighted by Crippen LogP contribution is -2.26. The number of rotatable bonds is 5. The molecule has 0 bridgehead atoms. The van der Waals surface area contributed by atoms with Crippen molar-refractivity contribution in [2.75, 3.05) is 7.11 Å². The third-order valence-electron chi connectivity index (χ3n) is 3.25. The van der Waals surface area contributed by atoms with Crippen molar-refractivity contribution in [1.82, 2.24) is 0 Å². The van der Waals surface area contributed by atoms with Gasteiger partial charge in [-0.3, -0.25) is 4.79 Å². The van der Waals surface area contributed by atoms with Crippen molar-refractivity contribution >= 4 is 17.6 Å². The Balaban J connectivity index is 3.26. The van der Waals surface area contributed by atoms with Gasteiger partial charge in [-0.05, 0) is 49.4 Å².